The Morgan fingerprint density at radius 3 is 3.00 bits per heavy atom. The number of rotatable bonds is 3. The fourth-order valence-electron chi connectivity index (χ4n) is 3.17. The van der Waals surface area contributed by atoms with Crippen LogP contribution in [0.4, 0.5) is 0 Å². The highest BCUT2D eigenvalue weighted by molar-refractivity contribution is 7.11. The molecule has 2 atom stereocenters. The molecule has 1 aliphatic rings. The Morgan fingerprint density at radius 2 is 2.35 bits per heavy atom. The van der Waals surface area contributed by atoms with E-state index in [1.807, 2.05) is 30.9 Å². The number of imidazole rings is 1. The minimum Gasteiger partial charge on any atom is -0.351 e. The Bertz CT molecular complexity index is 646. The summed E-state index contributed by atoms with van der Waals surface area (Å²) in [5, 5.41) is 3.51. The Balaban J connectivity index is 1.64. The van der Waals surface area contributed by atoms with Gasteiger partial charge in [-0.1, -0.05) is 6.92 Å². The van der Waals surface area contributed by atoms with Crippen LogP contribution in [-0.4, -0.2) is 40.5 Å². The van der Waals surface area contributed by atoms with Crippen LogP contribution in [-0.2, 0) is 6.54 Å². The summed E-state index contributed by atoms with van der Waals surface area (Å²) in [5.74, 6) is 1.64. The van der Waals surface area contributed by atoms with Crippen molar-refractivity contribution in [2.24, 2.45) is 10.9 Å². The molecular formula is C17H25N5S. The van der Waals surface area contributed by atoms with E-state index in [1.165, 1.54) is 16.2 Å². The van der Waals surface area contributed by atoms with Gasteiger partial charge in [0, 0.05) is 42.3 Å². The van der Waals surface area contributed by atoms with E-state index in [-0.39, 0.29) is 0 Å². The molecular weight excluding hydrogens is 306 g/mol. The zero-order valence-electron chi connectivity index (χ0n) is 14.1. The van der Waals surface area contributed by atoms with Crippen molar-refractivity contribution < 1.29 is 0 Å². The molecule has 0 bridgehead atoms. The predicted octanol–water partition coefficient (Wildman–Crippen LogP) is 2.91. The normalized spacial score (nSPS) is 22.4. The summed E-state index contributed by atoms with van der Waals surface area (Å²) in [6.07, 6.45) is 7.02. The number of hydrogen-bond acceptors (Lipinski definition) is 3. The molecule has 0 aliphatic carbocycles. The lowest BCUT2D eigenvalue weighted by atomic mass is 9.93. The molecule has 2 aromatic heterocycles. The molecule has 1 aliphatic heterocycles. The van der Waals surface area contributed by atoms with E-state index in [9.17, 15) is 0 Å². The first kappa shape index (κ1) is 16.1. The van der Waals surface area contributed by atoms with E-state index in [1.54, 1.807) is 0 Å². The van der Waals surface area contributed by atoms with Gasteiger partial charge in [0.25, 0.3) is 0 Å². The topological polar surface area (TPSA) is 45.5 Å². The Morgan fingerprint density at radius 1 is 1.48 bits per heavy atom. The highest BCUT2D eigenvalue weighted by Crippen LogP contribution is 2.27. The average Bonchev–Trinajstić information content (AvgIpc) is 3.21. The van der Waals surface area contributed by atoms with Gasteiger partial charge in [-0.25, -0.2) is 4.98 Å². The standard InChI is InChI=1S/C17H25N5S/c1-13-6-8-21(11-16(13)22-9-7-19-12-22)17(18-3)20-10-15-5-4-14(2)23-15/h4-5,7,9,12-13,16H,6,8,10-11H2,1-3H3,(H,18,20). The molecule has 0 amide bonds. The van der Waals surface area contributed by atoms with Gasteiger partial charge >= 0.3 is 0 Å². The number of nitrogens with one attached hydrogen (secondary N) is 1. The maximum absolute atomic E-state index is 4.49. The van der Waals surface area contributed by atoms with E-state index in [0.717, 1.165) is 25.6 Å². The molecule has 6 heteroatoms. The zero-order chi connectivity index (χ0) is 16.2. The maximum atomic E-state index is 4.49. The predicted molar refractivity (Wildman–Crippen MR) is 95.9 cm³/mol. The summed E-state index contributed by atoms with van der Waals surface area (Å²) in [4.78, 5) is 13.8. The highest BCUT2D eigenvalue weighted by atomic mass is 32.1. The van der Waals surface area contributed by atoms with E-state index in [4.69, 9.17) is 0 Å². The molecule has 3 heterocycles. The lowest BCUT2D eigenvalue weighted by molar-refractivity contribution is 0.189. The fourth-order valence-corrected chi connectivity index (χ4v) is 4.00. The van der Waals surface area contributed by atoms with Crippen molar-refractivity contribution in [1.82, 2.24) is 19.8 Å². The van der Waals surface area contributed by atoms with Crippen LogP contribution in [0, 0.1) is 12.8 Å². The number of likely N-dealkylation sites (tertiary alicyclic amines) is 1. The van der Waals surface area contributed by atoms with Crippen LogP contribution >= 0.6 is 11.3 Å². The van der Waals surface area contributed by atoms with Crippen molar-refractivity contribution in [3.63, 3.8) is 0 Å². The van der Waals surface area contributed by atoms with Crippen molar-refractivity contribution in [1.29, 1.82) is 0 Å². The van der Waals surface area contributed by atoms with E-state index in [0.29, 0.717) is 12.0 Å². The molecule has 0 radical (unpaired) electrons. The van der Waals surface area contributed by atoms with Gasteiger partial charge in [0.1, 0.15) is 0 Å². The second kappa shape index (κ2) is 7.17. The van der Waals surface area contributed by atoms with Gasteiger partial charge in [-0.3, -0.25) is 4.99 Å². The van der Waals surface area contributed by atoms with Gasteiger partial charge < -0.3 is 14.8 Å². The number of aromatic nitrogens is 2. The molecule has 0 saturated carbocycles. The average molecular weight is 331 g/mol. The molecule has 0 aromatic carbocycles. The van der Waals surface area contributed by atoms with E-state index < -0.39 is 0 Å². The van der Waals surface area contributed by atoms with Crippen molar-refractivity contribution >= 4 is 17.3 Å². The molecule has 3 rings (SSSR count). The Labute approximate surface area is 142 Å². The minimum atomic E-state index is 0.453. The van der Waals surface area contributed by atoms with Gasteiger partial charge in [0.15, 0.2) is 5.96 Å². The first-order valence-electron chi connectivity index (χ1n) is 8.15. The Kier molecular flexibility index (Phi) is 5.00. The van der Waals surface area contributed by atoms with Crippen molar-refractivity contribution in [3.8, 4) is 0 Å². The molecule has 1 N–H and O–H groups in total. The summed E-state index contributed by atoms with van der Waals surface area (Å²) in [6.45, 7) is 7.33. The maximum Gasteiger partial charge on any atom is 0.194 e. The third-order valence-electron chi connectivity index (χ3n) is 4.55. The molecule has 2 unspecified atom stereocenters. The van der Waals surface area contributed by atoms with Crippen molar-refractivity contribution in [3.05, 3.63) is 40.6 Å². The second-order valence-electron chi connectivity index (χ2n) is 6.20. The van der Waals surface area contributed by atoms with Crippen LogP contribution in [0.1, 0.15) is 29.1 Å². The quantitative estimate of drug-likeness (QED) is 0.695. The molecule has 0 spiro atoms. The monoisotopic (exact) mass is 331 g/mol. The third-order valence-corrected chi connectivity index (χ3v) is 5.56. The number of hydrogen-bond donors (Lipinski definition) is 1. The number of thiophene rings is 1. The third kappa shape index (κ3) is 3.75. The summed E-state index contributed by atoms with van der Waals surface area (Å²) >= 11 is 1.84. The number of aryl methyl sites for hydroxylation is 1. The second-order valence-corrected chi connectivity index (χ2v) is 7.57. The van der Waals surface area contributed by atoms with E-state index in [2.05, 4.69) is 56.9 Å². The van der Waals surface area contributed by atoms with Crippen LogP contribution < -0.4 is 5.32 Å². The van der Waals surface area contributed by atoms with Crippen LogP contribution in [0.25, 0.3) is 0 Å². The lowest BCUT2D eigenvalue weighted by Crippen LogP contribution is -2.48. The fraction of sp³-hybridized carbons (Fsp3) is 0.529. The summed E-state index contributed by atoms with van der Waals surface area (Å²) in [7, 11) is 1.87. The molecule has 1 saturated heterocycles. The summed E-state index contributed by atoms with van der Waals surface area (Å²) < 4.78 is 2.23. The largest absolute Gasteiger partial charge is 0.351 e. The molecule has 23 heavy (non-hydrogen) atoms. The van der Waals surface area contributed by atoms with Gasteiger partial charge in [-0.05, 0) is 31.4 Å². The molecule has 124 valence electrons. The number of guanidine groups is 1. The zero-order valence-corrected chi connectivity index (χ0v) is 14.9. The molecule has 5 nitrogen and oxygen atoms in total. The lowest BCUT2D eigenvalue weighted by Gasteiger charge is -2.39. The van der Waals surface area contributed by atoms with E-state index >= 15 is 0 Å². The molecule has 2 aromatic rings. The van der Waals surface area contributed by atoms with Gasteiger partial charge in [0.2, 0.25) is 0 Å². The number of piperidine rings is 1. The molecule has 1 fully saturated rings. The summed E-state index contributed by atoms with van der Waals surface area (Å²) in [6, 6.07) is 4.81. The van der Waals surface area contributed by atoms with Gasteiger partial charge in [-0.15, -0.1) is 11.3 Å². The van der Waals surface area contributed by atoms with Crippen molar-refractivity contribution in [2.45, 2.75) is 32.9 Å². The summed E-state index contributed by atoms with van der Waals surface area (Å²) in [5.41, 5.74) is 0. The number of nitrogens with zero attached hydrogens (tertiary/aromatic N) is 4. The van der Waals surface area contributed by atoms with Gasteiger partial charge in [-0.2, -0.15) is 0 Å². The van der Waals surface area contributed by atoms with Crippen LogP contribution in [0.5, 0.6) is 0 Å². The Hall–Kier alpha value is -1.82. The highest BCUT2D eigenvalue weighted by Gasteiger charge is 2.28. The van der Waals surface area contributed by atoms with Crippen LogP contribution in [0.2, 0.25) is 0 Å². The van der Waals surface area contributed by atoms with Gasteiger partial charge in [0.05, 0.1) is 18.9 Å². The first-order valence-corrected chi connectivity index (χ1v) is 8.97. The van der Waals surface area contributed by atoms with Crippen LogP contribution in [0.3, 0.4) is 0 Å². The SMILES string of the molecule is CN=C(NCc1ccc(C)s1)N1CCC(C)C(n2ccnc2)C1. The first-order chi connectivity index (χ1) is 11.2. The smallest absolute Gasteiger partial charge is 0.194 e. The van der Waals surface area contributed by atoms with Crippen LogP contribution in [0.15, 0.2) is 35.8 Å². The number of aliphatic imine (C=N–C) groups is 1. The van der Waals surface area contributed by atoms with Crippen molar-refractivity contribution in [2.75, 3.05) is 20.1 Å². The minimum absolute atomic E-state index is 0.453.